The number of ether oxygens (including phenoxy) is 1. The average molecular weight is 477 g/mol. The Morgan fingerprint density at radius 1 is 1.06 bits per heavy atom. The monoisotopic (exact) mass is 476 g/mol. The maximum absolute atomic E-state index is 14.0. The number of aromatic nitrogens is 1. The fourth-order valence-electron chi connectivity index (χ4n) is 5.02. The van der Waals surface area contributed by atoms with Gasteiger partial charge < -0.3 is 14.2 Å². The number of aryl methyl sites for hydroxylation is 1. The molecule has 34 heavy (non-hydrogen) atoms. The van der Waals surface area contributed by atoms with Crippen LogP contribution in [0.4, 0.5) is 0 Å². The number of nitrogens with zero attached hydrogens (tertiary/aromatic N) is 2. The van der Waals surface area contributed by atoms with Crippen LogP contribution in [0.25, 0.3) is 22.4 Å². The summed E-state index contributed by atoms with van der Waals surface area (Å²) >= 11 is 6.33. The van der Waals surface area contributed by atoms with Crippen molar-refractivity contribution in [2.75, 3.05) is 13.2 Å². The highest BCUT2D eigenvalue weighted by Crippen LogP contribution is 2.36. The zero-order valence-electron chi connectivity index (χ0n) is 18.9. The molecule has 1 atom stereocenters. The fraction of sp³-hybridized carbons (Fsp3) is 0.296. The maximum atomic E-state index is 14.0. The van der Waals surface area contributed by atoms with Gasteiger partial charge in [0, 0.05) is 36.2 Å². The van der Waals surface area contributed by atoms with Crippen molar-refractivity contribution in [2.24, 2.45) is 0 Å². The topological polar surface area (TPSA) is 68.6 Å². The zero-order valence-corrected chi connectivity index (χ0v) is 19.7. The molecular weight excluding hydrogens is 452 g/mol. The molecule has 0 spiro atoms. The Morgan fingerprint density at radius 2 is 1.85 bits per heavy atom. The Balaban J connectivity index is 1.69. The molecule has 1 fully saturated rings. The van der Waals surface area contributed by atoms with Gasteiger partial charge in [0.2, 0.25) is 0 Å². The van der Waals surface area contributed by atoms with E-state index in [9.17, 15) is 14.4 Å². The van der Waals surface area contributed by atoms with Crippen LogP contribution in [-0.4, -0.2) is 40.5 Å². The molecule has 3 heterocycles. The summed E-state index contributed by atoms with van der Waals surface area (Å²) in [6.45, 7) is 2.60. The number of fused-ring (bicyclic) bond motifs is 3. The summed E-state index contributed by atoms with van der Waals surface area (Å²) in [5, 5.41) is 0.555. The van der Waals surface area contributed by atoms with Crippen molar-refractivity contribution in [3.8, 4) is 22.4 Å². The molecule has 0 aliphatic carbocycles. The van der Waals surface area contributed by atoms with Crippen molar-refractivity contribution < 1.29 is 14.3 Å². The van der Waals surface area contributed by atoms with Gasteiger partial charge in [0.1, 0.15) is 6.61 Å². The lowest BCUT2D eigenvalue weighted by Gasteiger charge is -2.29. The van der Waals surface area contributed by atoms with Gasteiger partial charge in [-0.05, 0) is 48.6 Å². The van der Waals surface area contributed by atoms with Crippen molar-refractivity contribution >= 4 is 23.5 Å². The molecule has 0 radical (unpaired) electrons. The van der Waals surface area contributed by atoms with E-state index in [0.717, 1.165) is 29.5 Å². The number of esters is 1. The van der Waals surface area contributed by atoms with Crippen molar-refractivity contribution in [3.63, 3.8) is 0 Å². The number of hydrogen-bond donors (Lipinski definition) is 0. The quantitative estimate of drug-likeness (QED) is 0.518. The number of amides is 1. The first-order valence-corrected chi connectivity index (χ1v) is 11.9. The van der Waals surface area contributed by atoms with Crippen LogP contribution in [-0.2, 0) is 22.5 Å². The van der Waals surface area contributed by atoms with E-state index in [1.54, 1.807) is 15.5 Å². The van der Waals surface area contributed by atoms with Gasteiger partial charge in [-0.2, -0.15) is 0 Å². The molecule has 1 unspecified atom stereocenters. The van der Waals surface area contributed by atoms with E-state index in [1.807, 2.05) is 48.5 Å². The predicted molar refractivity (Wildman–Crippen MR) is 131 cm³/mol. The average Bonchev–Trinajstić information content (AvgIpc) is 3.31. The minimum absolute atomic E-state index is 0.124. The lowest BCUT2D eigenvalue weighted by atomic mass is 9.92. The van der Waals surface area contributed by atoms with Crippen LogP contribution >= 0.6 is 11.6 Å². The van der Waals surface area contributed by atoms with Crippen molar-refractivity contribution in [1.29, 1.82) is 0 Å². The maximum Gasteiger partial charge on any atom is 0.302 e. The van der Waals surface area contributed by atoms with E-state index < -0.39 is 0 Å². The van der Waals surface area contributed by atoms with Crippen LogP contribution in [0.3, 0.4) is 0 Å². The Bertz CT molecular complexity index is 1330. The van der Waals surface area contributed by atoms with Gasteiger partial charge in [-0.1, -0.05) is 48.0 Å². The molecule has 7 heteroatoms. The van der Waals surface area contributed by atoms with E-state index in [2.05, 4.69) is 0 Å². The molecule has 0 saturated carbocycles. The minimum atomic E-state index is -0.363. The molecule has 2 aromatic carbocycles. The summed E-state index contributed by atoms with van der Waals surface area (Å²) in [7, 11) is 0. The third-order valence-electron chi connectivity index (χ3n) is 6.65. The Kier molecular flexibility index (Phi) is 6.00. The highest BCUT2D eigenvalue weighted by atomic mass is 35.5. The molecule has 0 bridgehead atoms. The van der Waals surface area contributed by atoms with Gasteiger partial charge in [0.15, 0.2) is 0 Å². The van der Waals surface area contributed by atoms with Crippen LogP contribution in [0, 0.1) is 0 Å². The number of rotatable bonds is 4. The minimum Gasteiger partial charge on any atom is -0.464 e. The summed E-state index contributed by atoms with van der Waals surface area (Å²) in [5.41, 5.74) is 4.09. The number of carbonyl (C=O) groups excluding carboxylic acids is 2. The lowest BCUT2D eigenvalue weighted by Crippen LogP contribution is -2.40. The molecule has 6 nitrogen and oxygen atoms in total. The van der Waals surface area contributed by atoms with Crippen LogP contribution in [0.2, 0.25) is 5.02 Å². The number of pyridine rings is 1. The molecule has 1 aromatic heterocycles. The molecule has 2 aliphatic heterocycles. The second-order valence-electron chi connectivity index (χ2n) is 8.79. The molecule has 174 valence electrons. The highest BCUT2D eigenvalue weighted by Gasteiger charge is 2.34. The van der Waals surface area contributed by atoms with Gasteiger partial charge >= 0.3 is 5.97 Å². The molecule has 5 rings (SSSR count). The van der Waals surface area contributed by atoms with Gasteiger partial charge in [-0.3, -0.25) is 14.4 Å². The first-order valence-electron chi connectivity index (χ1n) is 11.5. The lowest BCUT2D eigenvalue weighted by molar-refractivity contribution is -0.142. The number of likely N-dealkylation sites (tertiary alicyclic amines) is 1. The van der Waals surface area contributed by atoms with E-state index in [0.29, 0.717) is 41.4 Å². The molecule has 1 amide bonds. The number of benzene rings is 2. The smallest absolute Gasteiger partial charge is 0.302 e. The van der Waals surface area contributed by atoms with Crippen molar-refractivity contribution in [2.45, 2.75) is 38.8 Å². The molecule has 2 aliphatic rings. The van der Waals surface area contributed by atoms with Crippen LogP contribution in [0.5, 0.6) is 0 Å². The second kappa shape index (κ2) is 9.11. The number of carbonyl (C=O) groups is 2. The van der Waals surface area contributed by atoms with Crippen LogP contribution in [0.1, 0.15) is 35.7 Å². The Hall–Kier alpha value is -3.38. The first-order chi connectivity index (χ1) is 16.4. The SMILES string of the molecule is CC(=O)OCC1CCCN1C(=O)c1cc(-c2ccccc2)c(=O)n2c1-c1cc(Cl)ccc1CC2. The summed E-state index contributed by atoms with van der Waals surface area (Å²) in [5.74, 6) is -0.527. The third-order valence-corrected chi connectivity index (χ3v) is 6.89. The molecule has 1 saturated heterocycles. The van der Waals surface area contributed by atoms with E-state index >= 15 is 0 Å². The van der Waals surface area contributed by atoms with Crippen molar-refractivity contribution in [3.05, 3.63) is 81.1 Å². The Morgan fingerprint density at radius 3 is 2.62 bits per heavy atom. The predicted octanol–water partition coefficient (Wildman–Crippen LogP) is 4.56. The van der Waals surface area contributed by atoms with E-state index in [1.165, 1.54) is 6.92 Å². The first kappa shape index (κ1) is 22.4. The number of halogens is 1. The van der Waals surface area contributed by atoms with E-state index in [4.69, 9.17) is 16.3 Å². The summed E-state index contributed by atoms with van der Waals surface area (Å²) in [6.07, 6.45) is 2.28. The van der Waals surface area contributed by atoms with Gasteiger partial charge in [-0.15, -0.1) is 0 Å². The molecule has 3 aromatic rings. The summed E-state index contributed by atoms with van der Waals surface area (Å²) in [6, 6.07) is 16.6. The molecule has 0 N–H and O–H groups in total. The summed E-state index contributed by atoms with van der Waals surface area (Å²) < 4.78 is 6.95. The van der Waals surface area contributed by atoms with E-state index in [-0.39, 0.29) is 30.1 Å². The number of hydrogen-bond acceptors (Lipinski definition) is 4. The summed E-state index contributed by atoms with van der Waals surface area (Å²) in [4.78, 5) is 40.7. The molecular formula is C27H25ClN2O4. The largest absolute Gasteiger partial charge is 0.464 e. The van der Waals surface area contributed by atoms with Gasteiger partial charge in [0.25, 0.3) is 11.5 Å². The van der Waals surface area contributed by atoms with Crippen LogP contribution < -0.4 is 5.56 Å². The van der Waals surface area contributed by atoms with Gasteiger partial charge in [-0.25, -0.2) is 0 Å². The zero-order chi connectivity index (χ0) is 23.8. The Labute approximate surface area is 202 Å². The van der Waals surface area contributed by atoms with Crippen molar-refractivity contribution in [1.82, 2.24) is 9.47 Å². The second-order valence-corrected chi connectivity index (χ2v) is 9.23. The third kappa shape index (κ3) is 4.03. The van der Waals surface area contributed by atoms with Gasteiger partial charge in [0.05, 0.1) is 17.3 Å². The fourth-order valence-corrected chi connectivity index (χ4v) is 5.19. The normalized spacial score (nSPS) is 16.6. The standard InChI is InChI=1S/C27H25ClN2O4/c1-17(31)34-16-21-8-5-12-29(21)27(33)24-15-23(18-6-3-2-4-7-18)26(32)30-13-11-19-9-10-20(28)14-22(19)25(24)30/h2-4,6-7,9-10,14-15,21H,5,8,11-13,16H2,1H3. The highest BCUT2D eigenvalue weighted by molar-refractivity contribution is 6.31. The van der Waals surface area contributed by atoms with Crippen LogP contribution in [0.15, 0.2) is 59.4 Å².